The molecule has 24 aromatic rings. The minimum atomic E-state index is -0.113. The maximum absolute atomic E-state index is 6.12. The Balaban J connectivity index is 0.000000105. The number of para-hydroxylation sites is 1. The van der Waals surface area contributed by atoms with Gasteiger partial charge in [0.05, 0.1) is 28.4 Å². The summed E-state index contributed by atoms with van der Waals surface area (Å²) in [5, 5.41) is 9.80. The van der Waals surface area contributed by atoms with Crippen LogP contribution in [-0.4, -0.2) is 9.97 Å². The lowest BCUT2D eigenvalue weighted by molar-refractivity contribution is 0.660. The Kier molecular flexibility index (Phi) is 19.1. The van der Waals surface area contributed by atoms with Gasteiger partial charge in [0.25, 0.3) is 0 Å². The highest BCUT2D eigenvalue weighted by Crippen LogP contribution is 2.62. The Morgan fingerprint density at radius 3 is 1.07 bits per heavy atom. The normalized spacial score (nSPS) is 13.9. The van der Waals surface area contributed by atoms with Crippen LogP contribution in [0, 0.1) is 0 Å². The predicted molar refractivity (Wildman–Crippen MR) is 619 cm³/mol. The van der Waals surface area contributed by atoms with Gasteiger partial charge in [0.15, 0.2) is 0 Å². The largest absolute Gasteiger partial charge is 0.456 e. The highest BCUT2D eigenvalue weighted by Gasteiger charge is 2.43. The highest BCUT2D eigenvalue weighted by molar-refractivity contribution is 6.23. The van der Waals surface area contributed by atoms with Gasteiger partial charge in [-0.1, -0.05) is 395 Å². The molecule has 0 amide bonds. The Morgan fingerprint density at radius 1 is 0.189 bits per heavy atom. The van der Waals surface area contributed by atoms with Crippen LogP contribution < -0.4 is 14.7 Å². The first-order chi connectivity index (χ1) is 72.5. The number of aromatic nitrogens is 2. The minimum absolute atomic E-state index is 0.0902. The summed E-state index contributed by atoms with van der Waals surface area (Å²) in [6.45, 7) is 18.9. The van der Waals surface area contributed by atoms with Crippen molar-refractivity contribution in [3.63, 3.8) is 0 Å². The van der Waals surface area contributed by atoms with Gasteiger partial charge in [0.1, 0.15) is 11.2 Å². The molecule has 0 fully saturated rings. The number of benzene rings is 21. The summed E-state index contributed by atoms with van der Waals surface area (Å²) in [6.07, 6.45) is 5.98. The highest BCUT2D eigenvalue weighted by atomic mass is 16.3. The third-order valence-electron chi connectivity index (χ3n) is 33.6. The fourth-order valence-corrected chi connectivity index (χ4v) is 26.4. The zero-order valence-corrected chi connectivity index (χ0v) is 83.6. The van der Waals surface area contributed by atoms with Gasteiger partial charge in [0.2, 0.25) is 0 Å². The summed E-state index contributed by atoms with van der Waals surface area (Å²) < 4.78 is 6.12. The molecule has 6 heteroatoms. The zero-order valence-electron chi connectivity index (χ0n) is 83.6. The number of pyridine rings is 2. The molecule has 0 radical (unpaired) electrons. The number of rotatable bonds is 12. The number of anilines is 9. The summed E-state index contributed by atoms with van der Waals surface area (Å²) in [5.74, 6) is 0. The molecule has 0 spiro atoms. The SMILES string of the molecule is CC1(C)c2ccccc2-c2ccc(N(c3ccc(-c4ccc(-c5ccccc5)cc4)cc3)c3ccc4c5c(cccc35)-c3ccccc3-4)cc21.CC1(C)c2ccccc2-c2ccc(N(c3ccc(-c4ccc5oc6ccccc6c5c4)cc3)c3ccc4c5c(cncc35)-c3ccccc3-4)cc21.CC1(C)c2ccccc2-c2ccc(N(c3cccc4c3-c3ccccc3C4(C)C)c3ccc4c5c(cccc35)-c3ncccc3-4)cc21. The Bertz CT molecular complexity index is 9650. The summed E-state index contributed by atoms with van der Waals surface area (Å²) in [6, 6.07) is 165. The molecule has 3 heterocycles. The van der Waals surface area contributed by atoms with Crippen LogP contribution in [0.3, 0.4) is 0 Å². The standard InChI is InChI=1S/C49H35N.C48H32N2O.C45H34N2/c1-49(2)45-18-9-8-15-40(45)41-28-27-37(31-46(41)49)50(47-30-29-43-39-14-7-6-13-38(39)42-16-10-17-44(47)48(42)43)36-25-23-35(24-26-36)34-21-19-33(20-22-34)32-11-4-3-5-12-32;1-48(2)42-13-7-5-11-35(42)36-21-20-32(26-43(36)48)50(44-23-22-38-33-9-3-4-10-34(33)40-27-49-28-41(44)47(38)40)31-18-15-29(16-19-31)30-17-24-46-39(25-30)37-12-6-8-14-45(37)51-46;1-44(2)36-18-8-6-13-32(36)42-37(44)19-10-20-40(42)47(27-21-22-29-28-12-5-7-17-35(28)45(3,4)38(29)26-27)39-24-23-30-31-16-11-25-46-43(31)34-15-9-14-33(39)41(30)34/h3-31H,1-2H3;3-28H,1-2H3;5-26H,1-4H3. The lowest BCUT2D eigenvalue weighted by atomic mass is 9.82. The van der Waals surface area contributed by atoms with E-state index in [1.807, 2.05) is 36.8 Å². The second kappa shape index (κ2) is 32.7. The van der Waals surface area contributed by atoms with Crippen molar-refractivity contribution in [2.45, 2.75) is 77.0 Å². The van der Waals surface area contributed by atoms with Crippen LogP contribution in [0.15, 0.2) is 472 Å². The van der Waals surface area contributed by atoms with Crippen molar-refractivity contribution in [3.8, 4) is 145 Å². The zero-order chi connectivity index (χ0) is 98.9. The molecule has 0 N–H and O–H groups in total. The van der Waals surface area contributed by atoms with Gasteiger partial charge in [-0.05, 0) is 276 Å². The third-order valence-corrected chi connectivity index (χ3v) is 33.6. The lowest BCUT2D eigenvalue weighted by Crippen LogP contribution is -2.17. The van der Waals surface area contributed by atoms with Gasteiger partial charge in [-0.2, -0.15) is 0 Å². The first-order valence-electron chi connectivity index (χ1n) is 51.8. The van der Waals surface area contributed by atoms with Gasteiger partial charge in [-0.25, -0.2) is 0 Å². The van der Waals surface area contributed by atoms with Crippen molar-refractivity contribution in [3.05, 3.63) is 512 Å². The molecule has 0 unspecified atom stereocenters. The van der Waals surface area contributed by atoms with Gasteiger partial charge in [0, 0.05) is 129 Å². The van der Waals surface area contributed by atoms with E-state index in [-0.39, 0.29) is 21.7 Å². The van der Waals surface area contributed by atoms with Crippen molar-refractivity contribution in [1.29, 1.82) is 0 Å². The maximum Gasteiger partial charge on any atom is 0.135 e. The first kappa shape index (κ1) is 86.6. The molecule has 31 rings (SSSR count). The molecule has 700 valence electrons. The van der Waals surface area contributed by atoms with Crippen LogP contribution in [0.2, 0.25) is 0 Å². The number of hydrogen-bond donors (Lipinski definition) is 0. The van der Waals surface area contributed by atoms with Gasteiger partial charge in [-0.15, -0.1) is 0 Å². The molecule has 0 saturated carbocycles. The molecule has 3 aromatic heterocycles. The monoisotopic (exact) mass is 1890 g/mol. The smallest absolute Gasteiger partial charge is 0.135 e. The van der Waals surface area contributed by atoms with E-state index in [4.69, 9.17) is 14.4 Å². The van der Waals surface area contributed by atoms with Crippen LogP contribution in [0.1, 0.15) is 99.9 Å². The first-order valence-corrected chi connectivity index (χ1v) is 51.8. The van der Waals surface area contributed by atoms with Gasteiger partial charge in [-0.3, -0.25) is 9.97 Å². The molecule has 148 heavy (non-hydrogen) atoms. The molecule has 6 nitrogen and oxygen atoms in total. The topological polar surface area (TPSA) is 48.6 Å². The molecule has 7 aliphatic rings. The Hall–Kier alpha value is -18.1. The fourth-order valence-electron chi connectivity index (χ4n) is 26.4. The van der Waals surface area contributed by atoms with Crippen molar-refractivity contribution >= 4 is 105 Å². The molecule has 0 bridgehead atoms. The van der Waals surface area contributed by atoms with E-state index in [2.05, 4.69) is 501 Å². The summed E-state index contributed by atoms with van der Waals surface area (Å²) in [5.41, 5.74) is 55.7. The van der Waals surface area contributed by atoms with E-state index in [1.165, 1.54) is 228 Å². The third kappa shape index (κ3) is 12.9. The van der Waals surface area contributed by atoms with Crippen molar-refractivity contribution in [1.82, 2.24) is 9.97 Å². The van der Waals surface area contributed by atoms with E-state index in [9.17, 15) is 0 Å². The van der Waals surface area contributed by atoms with Crippen LogP contribution in [0.4, 0.5) is 51.2 Å². The Labute approximate surface area is 862 Å². The van der Waals surface area contributed by atoms with Crippen LogP contribution in [-0.2, 0) is 21.7 Å². The lowest BCUT2D eigenvalue weighted by Gasteiger charge is -2.31. The van der Waals surface area contributed by atoms with Crippen molar-refractivity contribution in [2.75, 3.05) is 14.7 Å². The van der Waals surface area contributed by atoms with Crippen LogP contribution in [0.5, 0.6) is 0 Å². The molecular weight excluding hydrogens is 1790 g/mol. The average Bonchev–Trinajstić information content (AvgIpc) is 1.53. The maximum atomic E-state index is 6.12. The summed E-state index contributed by atoms with van der Waals surface area (Å²) in [4.78, 5) is 17.1. The van der Waals surface area contributed by atoms with Crippen LogP contribution >= 0.6 is 0 Å². The molecule has 0 aliphatic heterocycles. The number of furan rings is 1. The van der Waals surface area contributed by atoms with Crippen molar-refractivity contribution in [2.24, 2.45) is 0 Å². The van der Waals surface area contributed by atoms with E-state index in [1.54, 1.807) is 0 Å². The van der Waals surface area contributed by atoms with Crippen molar-refractivity contribution < 1.29 is 4.42 Å². The second-order valence-corrected chi connectivity index (χ2v) is 42.9. The van der Waals surface area contributed by atoms with E-state index < -0.39 is 0 Å². The molecule has 0 atom stereocenters. The summed E-state index contributed by atoms with van der Waals surface area (Å²) >= 11 is 0. The predicted octanol–water partition coefficient (Wildman–Crippen LogP) is 38.8. The number of hydrogen-bond acceptors (Lipinski definition) is 6. The van der Waals surface area contributed by atoms with E-state index in [0.29, 0.717) is 0 Å². The quantitative estimate of drug-likeness (QED) is 0.121. The van der Waals surface area contributed by atoms with E-state index in [0.717, 1.165) is 66.9 Å². The molecular formula is C142H101N5O. The van der Waals surface area contributed by atoms with Crippen LogP contribution in [0.25, 0.3) is 199 Å². The van der Waals surface area contributed by atoms with E-state index >= 15 is 0 Å². The minimum Gasteiger partial charge on any atom is -0.456 e. The van der Waals surface area contributed by atoms with Gasteiger partial charge < -0.3 is 19.1 Å². The molecule has 7 aliphatic carbocycles. The second-order valence-electron chi connectivity index (χ2n) is 42.9. The molecule has 21 aromatic carbocycles. The number of fused-ring (bicyclic) bond motifs is 24. The number of nitrogens with zero attached hydrogens (tertiary/aromatic N) is 5. The Morgan fingerprint density at radius 2 is 0.527 bits per heavy atom. The molecule has 0 saturated heterocycles. The fraction of sp³-hybridized carbons (Fsp3) is 0.0845. The van der Waals surface area contributed by atoms with Gasteiger partial charge >= 0.3 is 0 Å². The average molecular weight is 1890 g/mol. The summed E-state index contributed by atoms with van der Waals surface area (Å²) in [7, 11) is 0.